The van der Waals surface area contributed by atoms with Crippen molar-refractivity contribution in [3.8, 4) is 0 Å². The number of carbonyl (C=O) groups is 1. The summed E-state index contributed by atoms with van der Waals surface area (Å²) < 4.78 is 0. The minimum atomic E-state index is -0.856. The van der Waals surface area contributed by atoms with Crippen LogP contribution in [0.15, 0.2) is 54.1 Å². The summed E-state index contributed by atoms with van der Waals surface area (Å²) in [6, 6.07) is 14.2. The Morgan fingerprint density at radius 2 is 1.88 bits per heavy atom. The molecule has 0 bridgehead atoms. The Labute approximate surface area is 100 Å². The van der Waals surface area contributed by atoms with Gasteiger partial charge < -0.3 is 5.11 Å². The molecule has 0 aromatic heterocycles. The van der Waals surface area contributed by atoms with Crippen LogP contribution in [0.4, 0.5) is 0 Å². The number of aliphatic carboxylic acids is 1. The number of rotatable bonds is 3. The monoisotopic (exact) mass is 226 g/mol. The van der Waals surface area contributed by atoms with Gasteiger partial charge in [-0.1, -0.05) is 48.5 Å². The lowest BCUT2D eigenvalue weighted by Gasteiger charge is -2.04. The standard InChI is InChI=1S/C15H14O2/c1-11(15(16)17)9-10-13-7-4-6-12-5-2-3-8-14(12)13/h2-9H,10H2,1H3,(H,16,17)/b11-9+. The van der Waals surface area contributed by atoms with Crippen molar-refractivity contribution < 1.29 is 9.90 Å². The van der Waals surface area contributed by atoms with Crippen LogP contribution in [0.5, 0.6) is 0 Å². The molecule has 0 saturated heterocycles. The zero-order chi connectivity index (χ0) is 12.3. The summed E-state index contributed by atoms with van der Waals surface area (Å²) >= 11 is 0. The molecule has 0 amide bonds. The number of hydrogen-bond acceptors (Lipinski definition) is 1. The van der Waals surface area contributed by atoms with Gasteiger partial charge in [0.25, 0.3) is 0 Å². The van der Waals surface area contributed by atoms with Crippen LogP contribution in [0.3, 0.4) is 0 Å². The lowest BCUT2D eigenvalue weighted by molar-refractivity contribution is -0.132. The molecule has 2 aromatic rings. The van der Waals surface area contributed by atoms with Crippen molar-refractivity contribution in [3.05, 3.63) is 59.7 Å². The molecule has 0 radical (unpaired) electrons. The van der Waals surface area contributed by atoms with Crippen LogP contribution in [0.1, 0.15) is 12.5 Å². The molecule has 2 rings (SSSR count). The smallest absolute Gasteiger partial charge is 0.330 e. The van der Waals surface area contributed by atoms with Gasteiger partial charge in [-0.25, -0.2) is 4.79 Å². The van der Waals surface area contributed by atoms with Gasteiger partial charge in [-0.3, -0.25) is 0 Å². The Hall–Kier alpha value is -2.09. The summed E-state index contributed by atoms with van der Waals surface area (Å²) in [6.45, 7) is 1.62. The maximum absolute atomic E-state index is 10.7. The lowest BCUT2D eigenvalue weighted by atomic mass is 10.0. The van der Waals surface area contributed by atoms with Crippen molar-refractivity contribution in [1.82, 2.24) is 0 Å². The van der Waals surface area contributed by atoms with Crippen LogP contribution >= 0.6 is 0 Å². The Kier molecular flexibility index (Phi) is 3.24. The molecule has 2 aromatic carbocycles. The molecule has 17 heavy (non-hydrogen) atoms. The number of allylic oxidation sites excluding steroid dienone is 1. The van der Waals surface area contributed by atoms with E-state index in [1.807, 2.05) is 24.3 Å². The number of fused-ring (bicyclic) bond motifs is 1. The topological polar surface area (TPSA) is 37.3 Å². The van der Waals surface area contributed by atoms with Gasteiger partial charge in [-0.15, -0.1) is 0 Å². The number of carboxylic acids is 1. The SMILES string of the molecule is C/C(=C\Cc1cccc2ccccc12)C(=O)O. The molecule has 2 nitrogen and oxygen atoms in total. The summed E-state index contributed by atoms with van der Waals surface area (Å²) in [5, 5.41) is 11.2. The average Bonchev–Trinajstić information content (AvgIpc) is 2.35. The first kappa shape index (κ1) is 11.4. The van der Waals surface area contributed by atoms with E-state index in [1.54, 1.807) is 13.0 Å². The fourth-order valence-electron chi connectivity index (χ4n) is 1.82. The summed E-state index contributed by atoms with van der Waals surface area (Å²) in [5.41, 5.74) is 1.54. The predicted octanol–water partition coefficient (Wildman–Crippen LogP) is 3.41. The van der Waals surface area contributed by atoms with E-state index in [-0.39, 0.29) is 0 Å². The third kappa shape index (κ3) is 2.53. The van der Waals surface area contributed by atoms with E-state index in [1.165, 1.54) is 10.8 Å². The van der Waals surface area contributed by atoms with Crippen molar-refractivity contribution in [2.75, 3.05) is 0 Å². The molecule has 0 aliphatic rings. The summed E-state index contributed by atoms with van der Waals surface area (Å²) in [5.74, 6) is -0.856. The molecule has 0 atom stereocenters. The van der Waals surface area contributed by atoms with Crippen molar-refractivity contribution in [2.45, 2.75) is 13.3 Å². The first-order valence-corrected chi connectivity index (χ1v) is 5.55. The molecule has 0 aliphatic carbocycles. The average molecular weight is 226 g/mol. The van der Waals surface area contributed by atoms with Crippen molar-refractivity contribution in [2.24, 2.45) is 0 Å². The van der Waals surface area contributed by atoms with Gasteiger partial charge in [0.15, 0.2) is 0 Å². The second-order valence-electron chi connectivity index (χ2n) is 4.03. The third-order valence-electron chi connectivity index (χ3n) is 2.85. The second kappa shape index (κ2) is 4.83. The lowest BCUT2D eigenvalue weighted by Crippen LogP contribution is -1.96. The zero-order valence-electron chi connectivity index (χ0n) is 9.68. The maximum Gasteiger partial charge on any atom is 0.330 e. The van der Waals surface area contributed by atoms with Gasteiger partial charge in [0.2, 0.25) is 0 Å². The van der Waals surface area contributed by atoms with E-state index in [0.29, 0.717) is 12.0 Å². The van der Waals surface area contributed by atoms with Crippen molar-refractivity contribution in [3.63, 3.8) is 0 Å². The fraction of sp³-hybridized carbons (Fsp3) is 0.133. The maximum atomic E-state index is 10.7. The minimum Gasteiger partial charge on any atom is -0.478 e. The molecular formula is C15H14O2. The summed E-state index contributed by atoms with van der Waals surface area (Å²) in [6.07, 6.45) is 2.41. The molecule has 0 aliphatic heterocycles. The van der Waals surface area contributed by atoms with Crippen molar-refractivity contribution in [1.29, 1.82) is 0 Å². The molecular weight excluding hydrogens is 212 g/mol. The Balaban J connectivity index is 2.37. The number of hydrogen-bond donors (Lipinski definition) is 1. The van der Waals surface area contributed by atoms with E-state index in [2.05, 4.69) is 18.2 Å². The minimum absolute atomic E-state index is 0.387. The normalized spacial score (nSPS) is 11.7. The van der Waals surface area contributed by atoms with Crippen LogP contribution < -0.4 is 0 Å². The Bertz CT molecular complexity index is 577. The Morgan fingerprint density at radius 3 is 2.65 bits per heavy atom. The van der Waals surface area contributed by atoms with E-state index in [4.69, 9.17) is 5.11 Å². The highest BCUT2D eigenvalue weighted by molar-refractivity contribution is 5.87. The van der Waals surface area contributed by atoms with E-state index in [9.17, 15) is 4.79 Å². The molecule has 86 valence electrons. The Morgan fingerprint density at radius 1 is 1.18 bits per heavy atom. The highest BCUT2D eigenvalue weighted by Crippen LogP contribution is 2.19. The van der Waals surface area contributed by atoms with Gasteiger partial charge in [-0.05, 0) is 29.7 Å². The first-order valence-electron chi connectivity index (χ1n) is 5.55. The molecule has 1 N–H and O–H groups in total. The van der Waals surface area contributed by atoms with Crippen LogP contribution in [0, 0.1) is 0 Å². The van der Waals surface area contributed by atoms with Crippen LogP contribution in [-0.4, -0.2) is 11.1 Å². The van der Waals surface area contributed by atoms with Gasteiger partial charge >= 0.3 is 5.97 Å². The van der Waals surface area contributed by atoms with Crippen LogP contribution in [0.25, 0.3) is 10.8 Å². The zero-order valence-corrected chi connectivity index (χ0v) is 9.68. The highest BCUT2D eigenvalue weighted by Gasteiger charge is 2.01. The van der Waals surface area contributed by atoms with Gasteiger partial charge in [0.05, 0.1) is 0 Å². The molecule has 0 spiro atoms. The third-order valence-corrected chi connectivity index (χ3v) is 2.85. The highest BCUT2D eigenvalue weighted by atomic mass is 16.4. The van der Waals surface area contributed by atoms with Crippen LogP contribution in [-0.2, 0) is 11.2 Å². The van der Waals surface area contributed by atoms with Gasteiger partial charge in [0.1, 0.15) is 0 Å². The fourth-order valence-corrected chi connectivity index (χ4v) is 1.82. The van der Waals surface area contributed by atoms with E-state index < -0.39 is 5.97 Å². The first-order chi connectivity index (χ1) is 8.18. The summed E-state index contributed by atoms with van der Waals surface area (Å²) in [7, 11) is 0. The number of benzene rings is 2. The summed E-state index contributed by atoms with van der Waals surface area (Å²) in [4.78, 5) is 10.7. The quantitative estimate of drug-likeness (QED) is 0.814. The molecule has 0 unspecified atom stereocenters. The van der Waals surface area contributed by atoms with Crippen LogP contribution in [0.2, 0.25) is 0 Å². The predicted molar refractivity (Wildman–Crippen MR) is 69.0 cm³/mol. The molecule has 0 saturated carbocycles. The number of carboxylic acid groups (broad SMARTS) is 1. The van der Waals surface area contributed by atoms with Crippen molar-refractivity contribution >= 4 is 16.7 Å². The second-order valence-corrected chi connectivity index (χ2v) is 4.03. The van der Waals surface area contributed by atoms with E-state index >= 15 is 0 Å². The molecule has 0 heterocycles. The largest absolute Gasteiger partial charge is 0.478 e. The molecule has 0 fully saturated rings. The molecule has 2 heteroatoms. The van der Waals surface area contributed by atoms with Gasteiger partial charge in [0, 0.05) is 5.57 Å². The van der Waals surface area contributed by atoms with Gasteiger partial charge in [-0.2, -0.15) is 0 Å². The van der Waals surface area contributed by atoms with E-state index in [0.717, 1.165) is 5.56 Å².